The number of nitro groups is 1. The maximum absolute atomic E-state index is 13.5. The highest BCUT2D eigenvalue weighted by molar-refractivity contribution is 5.93. The van der Waals surface area contributed by atoms with E-state index in [0.717, 1.165) is 29.2 Å². The van der Waals surface area contributed by atoms with Gasteiger partial charge in [-0.15, -0.1) is 10.2 Å². The van der Waals surface area contributed by atoms with Gasteiger partial charge in [0.15, 0.2) is 5.82 Å². The second kappa shape index (κ2) is 8.82. The van der Waals surface area contributed by atoms with E-state index < -0.39 is 16.4 Å². The van der Waals surface area contributed by atoms with Crippen molar-refractivity contribution >= 4 is 23.1 Å². The average molecular weight is 422 g/mol. The number of hydrogen-bond donors (Lipinski definition) is 1. The van der Waals surface area contributed by atoms with Gasteiger partial charge in [0.1, 0.15) is 0 Å². The van der Waals surface area contributed by atoms with Crippen LogP contribution < -0.4 is 10.2 Å². The highest BCUT2D eigenvalue weighted by Crippen LogP contribution is 2.26. The van der Waals surface area contributed by atoms with Crippen LogP contribution in [0.5, 0.6) is 0 Å². The monoisotopic (exact) mass is 422 g/mol. The van der Waals surface area contributed by atoms with E-state index in [4.69, 9.17) is 0 Å². The van der Waals surface area contributed by atoms with Crippen LogP contribution >= 0.6 is 0 Å². The third-order valence-corrected chi connectivity index (χ3v) is 5.23. The molecule has 1 aromatic carbocycles. The highest BCUT2D eigenvalue weighted by Gasteiger charge is 2.26. The number of carbonyl (C=O) groups is 1. The van der Waals surface area contributed by atoms with Crippen molar-refractivity contribution < 1.29 is 14.1 Å². The predicted octanol–water partition coefficient (Wildman–Crippen LogP) is 3.44. The van der Waals surface area contributed by atoms with Gasteiger partial charge in [-0.05, 0) is 49.2 Å². The van der Waals surface area contributed by atoms with Crippen molar-refractivity contribution in [3.8, 4) is 11.3 Å². The van der Waals surface area contributed by atoms with Crippen molar-refractivity contribution in [2.24, 2.45) is 5.92 Å². The molecule has 4 rings (SSSR count). The number of hydrogen-bond acceptors (Lipinski definition) is 7. The first kappa shape index (κ1) is 20.3. The van der Waals surface area contributed by atoms with Gasteiger partial charge in [-0.3, -0.25) is 19.9 Å². The van der Waals surface area contributed by atoms with E-state index in [0.29, 0.717) is 25.9 Å². The van der Waals surface area contributed by atoms with Crippen molar-refractivity contribution in [2.45, 2.75) is 12.8 Å². The molecule has 1 amide bonds. The molecule has 31 heavy (non-hydrogen) atoms. The third-order valence-electron chi connectivity index (χ3n) is 5.23. The number of pyridine rings is 1. The molecule has 0 unspecified atom stereocenters. The van der Waals surface area contributed by atoms with Gasteiger partial charge in [0, 0.05) is 48.7 Å². The molecule has 10 heteroatoms. The molecule has 1 N–H and O–H groups in total. The molecule has 0 aliphatic carbocycles. The summed E-state index contributed by atoms with van der Waals surface area (Å²) in [6.07, 6.45) is 4.60. The van der Waals surface area contributed by atoms with Crippen molar-refractivity contribution in [3.63, 3.8) is 0 Å². The van der Waals surface area contributed by atoms with Gasteiger partial charge in [-0.25, -0.2) is 0 Å². The lowest BCUT2D eigenvalue weighted by molar-refractivity contribution is -0.387. The number of aromatic nitrogens is 3. The Morgan fingerprint density at radius 3 is 2.48 bits per heavy atom. The number of carbonyl (C=O) groups excluding carboxylic acids is 1. The lowest BCUT2D eigenvalue weighted by atomic mass is 9.95. The SMILES string of the molecule is O=C(Nc1ccc(F)c([N+](=O)[O-])c1)C1CCN(c2ccc(-c3ccncc3)nn2)CC1. The first-order chi connectivity index (χ1) is 15.0. The van der Waals surface area contributed by atoms with Gasteiger partial charge in [0.2, 0.25) is 11.7 Å². The fourth-order valence-corrected chi connectivity index (χ4v) is 3.52. The van der Waals surface area contributed by atoms with Gasteiger partial charge in [-0.2, -0.15) is 4.39 Å². The van der Waals surface area contributed by atoms with Crippen molar-refractivity contribution in [3.05, 3.63) is 70.8 Å². The van der Waals surface area contributed by atoms with E-state index in [-0.39, 0.29) is 17.5 Å². The smallest absolute Gasteiger partial charge is 0.306 e. The molecule has 0 spiro atoms. The Balaban J connectivity index is 1.35. The molecule has 0 bridgehead atoms. The van der Waals surface area contributed by atoms with E-state index in [1.54, 1.807) is 12.4 Å². The molecule has 3 aromatic rings. The number of nitrogens with one attached hydrogen (secondary N) is 1. The molecule has 0 atom stereocenters. The summed E-state index contributed by atoms with van der Waals surface area (Å²) in [6, 6.07) is 10.9. The summed E-state index contributed by atoms with van der Waals surface area (Å²) in [5.41, 5.74) is 1.23. The molecular weight excluding hydrogens is 403 g/mol. The number of nitro benzene ring substituents is 1. The molecule has 1 aliphatic heterocycles. The maximum Gasteiger partial charge on any atom is 0.306 e. The Morgan fingerprint density at radius 1 is 1.10 bits per heavy atom. The minimum atomic E-state index is -0.938. The van der Waals surface area contributed by atoms with E-state index in [2.05, 4.69) is 25.4 Å². The lowest BCUT2D eigenvalue weighted by Crippen LogP contribution is -2.38. The van der Waals surface area contributed by atoms with Crippen LogP contribution in [0.1, 0.15) is 12.8 Å². The molecular formula is C21H19FN6O3. The summed E-state index contributed by atoms with van der Waals surface area (Å²) in [7, 11) is 0. The average Bonchev–Trinajstić information content (AvgIpc) is 2.81. The second-order valence-electron chi connectivity index (χ2n) is 7.19. The number of nitrogens with zero attached hydrogens (tertiary/aromatic N) is 5. The number of piperidine rings is 1. The largest absolute Gasteiger partial charge is 0.355 e. The number of amides is 1. The van der Waals surface area contributed by atoms with Crippen LogP contribution in [0.2, 0.25) is 0 Å². The van der Waals surface area contributed by atoms with Crippen LogP contribution in [-0.4, -0.2) is 39.1 Å². The van der Waals surface area contributed by atoms with Crippen molar-refractivity contribution in [1.29, 1.82) is 0 Å². The van der Waals surface area contributed by atoms with Gasteiger partial charge < -0.3 is 10.2 Å². The molecule has 1 fully saturated rings. The first-order valence-corrected chi connectivity index (χ1v) is 9.75. The zero-order chi connectivity index (χ0) is 21.8. The van der Waals surface area contributed by atoms with Gasteiger partial charge in [-0.1, -0.05) is 0 Å². The van der Waals surface area contributed by atoms with E-state index >= 15 is 0 Å². The standard InChI is InChI=1S/C21H19FN6O3/c22-17-2-1-16(13-19(17)28(30)31)24-21(29)15-7-11-27(12-8-15)20-4-3-18(25-26-20)14-5-9-23-10-6-14/h1-6,9-10,13,15H,7-8,11-12H2,(H,24,29). The van der Waals surface area contributed by atoms with Crippen LogP contribution in [0.3, 0.4) is 0 Å². The summed E-state index contributed by atoms with van der Waals surface area (Å²) < 4.78 is 13.5. The maximum atomic E-state index is 13.5. The number of rotatable bonds is 5. The predicted molar refractivity (Wildman–Crippen MR) is 112 cm³/mol. The molecule has 9 nitrogen and oxygen atoms in total. The summed E-state index contributed by atoms with van der Waals surface area (Å²) in [4.78, 5) is 28.7. The summed E-state index contributed by atoms with van der Waals surface area (Å²) in [6.45, 7) is 1.26. The molecule has 1 saturated heterocycles. The first-order valence-electron chi connectivity index (χ1n) is 9.75. The van der Waals surface area contributed by atoms with Crippen LogP contribution in [0.15, 0.2) is 54.9 Å². The van der Waals surface area contributed by atoms with E-state index in [1.165, 1.54) is 6.07 Å². The zero-order valence-electron chi connectivity index (χ0n) is 16.4. The summed E-state index contributed by atoms with van der Waals surface area (Å²) >= 11 is 0. The fraction of sp³-hybridized carbons (Fsp3) is 0.238. The molecule has 0 saturated carbocycles. The minimum Gasteiger partial charge on any atom is -0.355 e. The molecule has 0 radical (unpaired) electrons. The fourth-order valence-electron chi connectivity index (χ4n) is 3.52. The van der Waals surface area contributed by atoms with Crippen molar-refractivity contribution in [1.82, 2.24) is 15.2 Å². The van der Waals surface area contributed by atoms with Gasteiger partial charge in [0.25, 0.3) is 0 Å². The lowest BCUT2D eigenvalue weighted by Gasteiger charge is -2.31. The zero-order valence-corrected chi connectivity index (χ0v) is 16.4. The third kappa shape index (κ3) is 4.63. The minimum absolute atomic E-state index is 0.207. The molecule has 3 heterocycles. The number of anilines is 2. The van der Waals surface area contributed by atoms with Gasteiger partial charge in [0.05, 0.1) is 10.6 Å². The summed E-state index contributed by atoms with van der Waals surface area (Å²) in [5.74, 6) is -0.678. The Morgan fingerprint density at radius 2 is 1.84 bits per heavy atom. The number of halogens is 1. The van der Waals surface area contributed by atoms with Crippen LogP contribution in [0, 0.1) is 21.8 Å². The Hall–Kier alpha value is -3.95. The summed E-state index contributed by atoms with van der Waals surface area (Å²) in [5, 5.41) is 22.1. The Bertz CT molecular complexity index is 1090. The molecule has 2 aromatic heterocycles. The van der Waals surface area contributed by atoms with E-state index in [1.807, 2.05) is 24.3 Å². The van der Waals surface area contributed by atoms with Crippen LogP contribution in [0.25, 0.3) is 11.3 Å². The Labute approximate surface area is 177 Å². The Kier molecular flexibility index (Phi) is 5.78. The normalized spacial score (nSPS) is 14.3. The van der Waals surface area contributed by atoms with E-state index in [9.17, 15) is 19.3 Å². The second-order valence-corrected chi connectivity index (χ2v) is 7.19. The number of benzene rings is 1. The van der Waals surface area contributed by atoms with Crippen LogP contribution in [0.4, 0.5) is 21.6 Å². The van der Waals surface area contributed by atoms with Gasteiger partial charge >= 0.3 is 5.69 Å². The molecule has 1 aliphatic rings. The van der Waals surface area contributed by atoms with Crippen LogP contribution in [-0.2, 0) is 4.79 Å². The highest BCUT2D eigenvalue weighted by atomic mass is 19.1. The quantitative estimate of drug-likeness (QED) is 0.495. The van der Waals surface area contributed by atoms with Crippen molar-refractivity contribution in [2.75, 3.05) is 23.3 Å². The molecule has 158 valence electrons. The topological polar surface area (TPSA) is 114 Å².